The van der Waals surface area contributed by atoms with E-state index in [1.54, 1.807) is 0 Å². The van der Waals surface area contributed by atoms with Gasteiger partial charge in [0.25, 0.3) is 5.91 Å². The zero-order valence-electron chi connectivity index (χ0n) is 13.6. The Morgan fingerprint density at radius 1 is 0.963 bits per heavy atom. The molecule has 1 aromatic heterocycles. The average molecular weight is 376 g/mol. The Morgan fingerprint density at radius 3 is 2.44 bits per heavy atom. The van der Waals surface area contributed by atoms with Gasteiger partial charge in [-0.05, 0) is 42.5 Å². The first-order valence-electron chi connectivity index (χ1n) is 7.70. The zero-order valence-corrected chi connectivity index (χ0v) is 13.6. The van der Waals surface area contributed by atoms with E-state index in [9.17, 15) is 22.4 Å². The summed E-state index contributed by atoms with van der Waals surface area (Å²) in [7, 11) is 0. The summed E-state index contributed by atoms with van der Waals surface area (Å²) >= 11 is 0. The van der Waals surface area contributed by atoms with E-state index >= 15 is 0 Å². The van der Waals surface area contributed by atoms with Gasteiger partial charge in [-0.3, -0.25) is 4.79 Å². The van der Waals surface area contributed by atoms with Crippen molar-refractivity contribution < 1.29 is 27.1 Å². The zero-order chi connectivity index (χ0) is 19.4. The molecule has 0 aliphatic heterocycles. The van der Waals surface area contributed by atoms with Gasteiger partial charge in [0, 0.05) is 11.8 Å². The Labute approximate surface area is 151 Å². The number of hydrogen-bond donors (Lipinski definition) is 1. The molecule has 0 aliphatic rings. The van der Waals surface area contributed by atoms with E-state index in [1.807, 2.05) is 0 Å². The van der Waals surface area contributed by atoms with Crippen molar-refractivity contribution in [1.29, 1.82) is 0 Å². The SMILES string of the molecule is O=C(Nc1cccc(F)c1)c1cccc(Oc2cccc(C(F)(F)F)c2)n1. The molecule has 0 unspecified atom stereocenters. The molecule has 0 atom stereocenters. The molecule has 1 amide bonds. The topological polar surface area (TPSA) is 51.2 Å². The van der Waals surface area contributed by atoms with Gasteiger partial charge in [0.1, 0.15) is 17.3 Å². The van der Waals surface area contributed by atoms with E-state index in [0.717, 1.165) is 18.2 Å². The molecule has 1 heterocycles. The third-order valence-electron chi connectivity index (χ3n) is 3.42. The maximum atomic E-state index is 13.2. The molecule has 0 spiro atoms. The van der Waals surface area contributed by atoms with Crippen molar-refractivity contribution in [3.63, 3.8) is 0 Å². The van der Waals surface area contributed by atoms with Crippen molar-refractivity contribution in [1.82, 2.24) is 4.98 Å². The van der Waals surface area contributed by atoms with Crippen LogP contribution in [-0.2, 0) is 6.18 Å². The Morgan fingerprint density at radius 2 is 1.70 bits per heavy atom. The normalized spacial score (nSPS) is 11.1. The number of amides is 1. The number of benzene rings is 2. The monoisotopic (exact) mass is 376 g/mol. The highest BCUT2D eigenvalue weighted by molar-refractivity contribution is 6.02. The van der Waals surface area contributed by atoms with Crippen molar-refractivity contribution in [3.05, 3.63) is 83.8 Å². The van der Waals surface area contributed by atoms with Crippen molar-refractivity contribution in [2.24, 2.45) is 0 Å². The van der Waals surface area contributed by atoms with Crippen LogP contribution in [0.2, 0.25) is 0 Å². The van der Waals surface area contributed by atoms with E-state index in [1.165, 1.54) is 48.5 Å². The first-order chi connectivity index (χ1) is 12.8. The first kappa shape index (κ1) is 18.4. The molecule has 0 aliphatic carbocycles. The van der Waals surface area contributed by atoms with Crippen LogP contribution in [0.3, 0.4) is 0 Å². The molecule has 3 aromatic rings. The molecule has 27 heavy (non-hydrogen) atoms. The van der Waals surface area contributed by atoms with Crippen LogP contribution in [0.5, 0.6) is 11.6 Å². The predicted octanol–water partition coefficient (Wildman–Crippen LogP) is 5.28. The lowest BCUT2D eigenvalue weighted by Crippen LogP contribution is -2.13. The fourth-order valence-corrected chi connectivity index (χ4v) is 2.22. The number of hydrogen-bond acceptors (Lipinski definition) is 3. The fraction of sp³-hybridized carbons (Fsp3) is 0.0526. The molecule has 0 fully saturated rings. The number of alkyl halides is 3. The van der Waals surface area contributed by atoms with Crippen LogP contribution in [0.15, 0.2) is 66.7 Å². The van der Waals surface area contributed by atoms with Crippen LogP contribution in [0.1, 0.15) is 16.1 Å². The van der Waals surface area contributed by atoms with Crippen LogP contribution >= 0.6 is 0 Å². The minimum Gasteiger partial charge on any atom is -0.439 e. The Bertz CT molecular complexity index is 974. The fourth-order valence-electron chi connectivity index (χ4n) is 2.22. The standard InChI is InChI=1S/C19H12F4N2O2/c20-13-5-2-6-14(11-13)24-18(26)16-8-3-9-17(25-16)27-15-7-1-4-12(10-15)19(21,22)23/h1-11H,(H,24,26). The minimum absolute atomic E-state index is 0.0382. The maximum Gasteiger partial charge on any atom is 0.416 e. The van der Waals surface area contributed by atoms with Gasteiger partial charge < -0.3 is 10.1 Å². The van der Waals surface area contributed by atoms with Crippen molar-refractivity contribution >= 4 is 11.6 Å². The molecular formula is C19H12F4N2O2. The van der Waals surface area contributed by atoms with Gasteiger partial charge in [0.2, 0.25) is 5.88 Å². The molecule has 0 saturated heterocycles. The summed E-state index contributed by atoms with van der Waals surface area (Å²) in [5.74, 6) is -1.25. The first-order valence-corrected chi connectivity index (χ1v) is 7.70. The molecule has 0 radical (unpaired) electrons. The minimum atomic E-state index is -4.50. The predicted molar refractivity (Wildman–Crippen MR) is 90.1 cm³/mol. The summed E-state index contributed by atoms with van der Waals surface area (Å²) in [6.07, 6.45) is -4.50. The van der Waals surface area contributed by atoms with Gasteiger partial charge in [-0.15, -0.1) is 0 Å². The number of halogens is 4. The number of carbonyl (C=O) groups excluding carboxylic acids is 1. The summed E-state index contributed by atoms with van der Waals surface area (Å²) in [6.45, 7) is 0. The summed E-state index contributed by atoms with van der Waals surface area (Å²) in [4.78, 5) is 16.2. The Balaban J connectivity index is 1.77. The average Bonchev–Trinajstić information content (AvgIpc) is 2.61. The summed E-state index contributed by atoms with van der Waals surface area (Å²) in [5.41, 5.74) is -0.658. The lowest BCUT2D eigenvalue weighted by Gasteiger charge is -2.10. The van der Waals surface area contributed by atoms with Crippen LogP contribution in [0.4, 0.5) is 23.2 Å². The van der Waals surface area contributed by atoms with E-state index in [2.05, 4.69) is 10.3 Å². The molecule has 2 aromatic carbocycles. The number of aromatic nitrogens is 1. The molecule has 138 valence electrons. The van der Waals surface area contributed by atoms with Crippen molar-refractivity contribution in [3.8, 4) is 11.6 Å². The van der Waals surface area contributed by atoms with Crippen LogP contribution in [-0.4, -0.2) is 10.9 Å². The van der Waals surface area contributed by atoms with E-state index in [4.69, 9.17) is 4.74 Å². The molecule has 8 heteroatoms. The number of pyridine rings is 1. The highest BCUT2D eigenvalue weighted by atomic mass is 19.4. The van der Waals surface area contributed by atoms with Crippen molar-refractivity contribution in [2.45, 2.75) is 6.18 Å². The smallest absolute Gasteiger partial charge is 0.416 e. The van der Waals surface area contributed by atoms with Crippen LogP contribution < -0.4 is 10.1 Å². The van der Waals surface area contributed by atoms with Gasteiger partial charge in [-0.25, -0.2) is 9.37 Å². The highest BCUT2D eigenvalue weighted by Gasteiger charge is 2.30. The summed E-state index contributed by atoms with van der Waals surface area (Å²) < 4.78 is 56.8. The van der Waals surface area contributed by atoms with Gasteiger partial charge in [0.15, 0.2) is 0 Å². The van der Waals surface area contributed by atoms with Crippen LogP contribution in [0, 0.1) is 5.82 Å². The largest absolute Gasteiger partial charge is 0.439 e. The molecular weight excluding hydrogens is 364 g/mol. The van der Waals surface area contributed by atoms with Gasteiger partial charge >= 0.3 is 6.18 Å². The third-order valence-corrected chi connectivity index (χ3v) is 3.42. The molecule has 1 N–H and O–H groups in total. The molecule has 3 rings (SSSR count). The molecule has 4 nitrogen and oxygen atoms in total. The van der Waals surface area contributed by atoms with E-state index < -0.39 is 23.5 Å². The van der Waals surface area contributed by atoms with Gasteiger partial charge in [0.05, 0.1) is 5.56 Å². The number of rotatable bonds is 4. The Hall–Kier alpha value is -3.42. The quantitative estimate of drug-likeness (QED) is 0.630. The second kappa shape index (κ2) is 7.45. The second-order valence-electron chi connectivity index (χ2n) is 5.45. The van der Waals surface area contributed by atoms with Crippen molar-refractivity contribution in [2.75, 3.05) is 5.32 Å². The number of nitrogens with one attached hydrogen (secondary N) is 1. The lowest BCUT2D eigenvalue weighted by atomic mass is 10.2. The summed E-state index contributed by atoms with van der Waals surface area (Å²) in [6, 6.07) is 13.9. The Kier molecular flexibility index (Phi) is 5.07. The molecule has 0 bridgehead atoms. The second-order valence-corrected chi connectivity index (χ2v) is 5.45. The number of anilines is 1. The lowest BCUT2D eigenvalue weighted by molar-refractivity contribution is -0.137. The third kappa shape index (κ3) is 4.81. The van der Waals surface area contributed by atoms with Gasteiger partial charge in [-0.2, -0.15) is 13.2 Å². The highest BCUT2D eigenvalue weighted by Crippen LogP contribution is 2.32. The van der Waals surface area contributed by atoms with Crippen LogP contribution in [0.25, 0.3) is 0 Å². The maximum absolute atomic E-state index is 13.2. The number of carbonyl (C=O) groups is 1. The summed E-state index contributed by atoms with van der Waals surface area (Å²) in [5, 5.41) is 2.47. The van der Waals surface area contributed by atoms with Gasteiger partial charge in [-0.1, -0.05) is 18.2 Å². The number of nitrogens with zero attached hydrogens (tertiary/aromatic N) is 1. The molecule has 0 saturated carbocycles. The number of ether oxygens (including phenoxy) is 1. The van der Waals surface area contributed by atoms with E-state index in [-0.39, 0.29) is 23.0 Å². The van der Waals surface area contributed by atoms with E-state index in [0.29, 0.717) is 0 Å².